The first-order chi connectivity index (χ1) is 9.60. The van der Waals surface area contributed by atoms with E-state index in [2.05, 4.69) is 0 Å². The Morgan fingerprint density at radius 1 is 1.35 bits per heavy atom. The molecule has 2 fully saturated rings. The summed E-state index contributed by atoms with van der Waals surface area (Å²) in [4.78, 5) is 0.435. The molecule has 1 saturated heterocycles. The molecule has 1 spiro atoms. The average Bonchev–Trinajstić information content (AvgIpc) is 2.88. The zero-order chi connectivity index (χ0) is 14.2. The second-order valence-electron chi connectivity index (χ2n) is 5.83. The van der Waals surface area contributed by atoms with Crippen molar-refractivity contribution in [3.05, 3.63) is 24.0 Å². The standard InChI is InChI=1S/C15H20FNO2S/c16-11-3-4-13(17)14(9-11)20(18)12-5-8-19-15(10-12)6-1-2-7-15/h3-4,9,12H,1-2,5-8,10,17H2. The highest BCUT2D eigenvalue weighted by Gasteiger charge is 2.42. The summed E-state index contributed by atoms with van der Waals surface area (Å²) in [6, 6.07) is 4.11. The van der Waals surface area contributed by atoms with Gasteiger partial charge in [0, 0.05) is 17.5 Å². The molecule has 2 N–H and O–H groups in total. The SMILES string of the molecule is Nc1ccc(F)cc1S(=O)C1CCOC2(CCCC2)C1. The molecule has 1 aromatic carbocycles. The summed E-state index contributed by atoms with van der Waals surface area (Å²) in [7, 11) is -1.26. The van der Waals surface area contributed by atoms with Crippen molar-refractivity contribution in [3.63, 3.8) is 0 Å². The highest BCUT2D eigenvalue weighted by Crippen LogP contribution is 2.42. The van der Waals surface area contributed by atoms with Gasteiger partial charge in [-0.2, -0.15) is 0 Å². The Morgan fingerprint density at radius 3 is 2.85 bits per heavy atom. The predicted octanol–water partition coefficient (Wildman–Crippen LogP) is 3.01. The van der Waals surface area contributed by atoms with Crippen LogP contribution in [0.4, 0.5) is 10.1 Å². The van der Waals surface area contributed by atoms with Gasteiger partial charge in [0.15, 0.2) is 0 Å². The number of ether oxygens (including phenoxy) is 1. The predicted molar refractivity (Wildman–Crippen MR) is 77.4 cm³/mol. The van der Waals surface area contributed by atoms with Crippen LogP contribution < -0.4 is 5.73 Å². The molecule has 1 aliphatic carbocycles. The molecule has 2 unspecified atom stereocenters. The van der Waals surface area contributed by atoms with Crippen LogP contribution in [0.5, 0.6) is 0 Å². The highest BCUT2D eigenvalue weighted by molar-refractivity contribution is 7.85. The summed E-state index contributed by atoms with van der Waals surface area (Å²) in [5.41, 5.74) is 6.18. The number of hydrogen-bond donors (Lipinski definition) is 1. The maximum atomic E-state index is 13.4. The topological polar surface area (TPSA) is 52.3 Å². The molecule has 1 aromatic rings. The van der Waals surface area contributed by atoms with Crippen LogP contribution in [-0.2, 0) is 15.5 Å². The van der Waals surface area contributed by atoms with E-state index in [0.717, 1.165) is 25.7 Å². The first kappa shape index (κ1) is 14.0. The maximum Gasteiger partial charge on any atom is 0.124 e. The molecule has 2 aliphatic rings. The van der Waals surface area contributed by atoms with E-state index < -0.39 is 10.8 Å². The molecule has 0 amide bonds. The molecule has 3 nitrogen and oxygen atoms in total. The minimum Gasteiger partial charge on any atom is -0.398 e. The van der Waals surface area contributed by atoms with Gasteiger partial charge in [0.1, 0.15) is 5.82 Å². The van der Waals surface area contributed by atoms with Crippen molar-refractivity contribution in [1.82, 2.24) is 0 Å². The van der Waals surface area contributed by atoms with E-state index in [9.17, 15) is 8.60 Å². The van der Waals surface area contributed by atoms with Crippen LogP contribution in [-0.4, -0.2) is 21.7 Å². The lowest BCUT2D eigenvalue weighted by molar-refractivity contribution is -0.0708. The van der Waals surface area contributed by atoms with E-state index in [4.69, 9.17) is 10.5 Å². The third-order valence-corrected chi connectivity index (χ3v) is 6.25. The van der Waals surface area contributed by atoms with Crippen molar-refractivity contribution in [2.24, 2.45) is 0 Å². The Balaban J connectivity index is 1.81. The first-order valence-corrected chi connectivity index (χ1v) is 8.41. The summed E-state index contributed by atoms with van der Waals surface area (Å²) >= 11 is 0. The number of nitrogen functional groups attached to an aromatic ring is 1. The van der Waals surface area contributed by atoms with Crippen molar-refractivity contribution in [3.8, 4) is 0 Å². The molecular formula is C15H20FNO2S. The van der Waals surface area contributed by atoms with Gasteiger partial charge in [-0.3, -0.25) is 4.21 Å². The monoisotopic (exact) mass is 297 g/mol. The molecule has 0 aromatic heterocycles. The van der Waals surface area contributed by atoms with Crippen LogP contribution in [0.25, 0.3) is 0 Å². The van der Waals surface area contributed by atoms with E-state index in [1.165, 1.54) is 31.0 Å². The van der Waals surface area contributed by atoms with Crippen LogP contribution in [0.1, 0.15) is 38.5 Å². The third kappa shape index (κ3) is 2.61. The number of rotatable bonds is 2. The number of benzene rings is 1. The lowest BCUT2D eigenvalue weighted by atomic mass is 9.92. The number of nitrogens with two attached hydrogens (primary N) is 1. The smallest absolute Gasteiger partial charge is 0.124 e. The molecular weight excluding hydrogens is 277 g/mol. The number of hydrogen-bond acceptors (Lipinski definition) is 3. The van der Waals surface area contributed by atoms with E-state index in [1.807, 2.05) is 0 Å². The van der Waals surface area contributed by atoms with Gasteiger partial charge in [-0.1, -0.05) is 12.8 Å². The summed E-state index contributed by atoms with van der Waals surface area (Å²) < 4.78 is 32.0. The van der Waals surface area contributed by atoms with Crippen LogP contribution in [0.2, 0.25) is 0 Å². The molecule has 1 saturated carbocycles. The molecule has 20 heavy (non-hydrogen) atoms. The number of halogens is 1. The second kappa shape index (κ2) is 5.45. The van der Waals surface area contributed by atoms with Crippen molar-refractivity contribution in [1.29, 1.82) is 0 Å². The summed E-state index contributed by atoms with van der Waals surface area (Å²) in [6.07, 6.45) is 6.03. The van der Waals surface area contributed by atoms with Crippen LogP contribution >= 0.6 is 0 Å². The lowest BCUT2D eigenvalue weighted by Gasteiger charge is -2.37. The fourth-order valence-electron chi connectivity index (χ4n) is 3.40. The zero-order valence-electron chi connectivity index (χ0n) is 11.4. The van der Waals surface area contributed by atoms with Crippen LogP contribution in [0.15, 0.2) is 23.1 Å². The second-order valence-corrected chi connectivity index (χ2v) is 7.53. The minimum atomic E-state index is -1.26. The van der Waals surface area contributed by atoms with Gasteiger partial charge in [0.25, 0.3) is 0 Å². The molecule has 3 rings (SSSR count). The average molecular weight is 297 g/mol. The van der Waals surface area contributed by atoms with Gasteiger partial charge in [0.2, 0.25) is 0 Å². The normalized spacial score (nSPS) is 26.8. The van der Waals surface area contributed by atoms with E-state index in [0.29, 0.717) is 17.2 Å². The molecule has 0 radical (unpaired) electrons. The van der Waals surface area contributed by atoms with E-state index in [-0.39, 0.29) is 16.7 Å². The van der Waals surface area contributed by atoms with Crippen LogP contribution in [0.3, 0.4) is 0 Å². The zero-order valence-corrected chi connectivity index (χ0v) is 12.3. The van der Waals surface area contributed by atoms with Crippen molar-refractivity contribution in [2.75, 3.05) is 12.3 Å². The van der Waals surface area contributed by atoms with Crippen molar-refractivity contribution in [2.45, 2.75) is 54.3 Å². The fourth-order valence-corrected chi connectivity index (χ4v) is 5.05. The summed E-state index contributed by atoms with van der Waals surface area (Å²) in [5.74, 6) is -0.384. The molecule has 0 bridgehead atoms. The van der Waals surface area contributed by atoms with Crippen molar-refractivity contribution < 1.29 is 13.3 Å². The molecule has 110 valence electrons. The Morgan fingerprint density at radius 2 is 2.10 bits per heavy atom. The van der Waals surface area contributed by atoms with E-state index in [1.54, 1.807) is 0 Å². The maximum absolute atomic E-state index is 13.4. The van der Waals surface area contributed by atoms with Gasteiger partial charge < -0.3 is 10.5 Å². The minimum absolute atomic E-state index is 0.0194. The fraction of sp³-hybridized carbons (Fsp3) is 0.600. The Hall–Kier alpha value is -0.940. The summed E-state index contributed by atoms with van der Waals surface area (Å²) in [6.45, 7) is 0.644. The van der Waals surface area contributed by atoms with Gasteiger partial charge in [0.05, 0.1) is 21.3 Å². The van der Waals surface area contributed by atoms with E-state index >= 15 is 0 Å². The Kier molecular flexibility index (Phi) is 3.82. The van der Waals surface area contributed by atoms with Gasteiger partial charge in [-0.05, 0) is 43.9 Å². The Labute approximate surface area is 121 Å². The quantitative estimate of drug-likeness (QED) is 0.854. The van der Waals surface area contributed by atoms with Gasteiger partial charge in [-0.25, -0.2) is 4.39 Å². The summed E-state index contributed by atoms with van der Waals surface area (Å²) in [5, 5.41) is 0.0194. The van der Waals surface area contributed by atoms with Crippen LogP contribution in [0, 0.1) is 5.82 Å². The molecule has 1 aliphatic heterocycles. The highest BCUT2D eigenvalue weighted by atomic mass is 32.2. The molecule has 1 heterocycles. The Bertz CT molecular complexity index is 529. The third-order valence-electron chi connectivity index (χ3n) is 4.46. The van der Waals surface area contributed by atoms with Crippen molar-refractivity contribution >= 4 is 16.5 Å². The molecule has 5 heteroatoms. The first-order valence-electron chi connectivity index (χ1n) is 7.19. The molecule has 2 atom stereocenters. The largest absolute Gasteiger partial charge is 0.398 e. The van der Waals surface area contributed by atoms with Gasteiger partial charge >= 0.3 is 0 Å². The van der Waals surface area contributed by atoms with Gasteiger partial charge in [-0.15, -0.1) is 0 Å². The number of anilines is 1. The lowest BCUT2D eigenvalue weighted by Crippen LogP contribution is -2.41.